The fraction of sp³-hybridized carbons (Fsp3) is 0.571. The molecule has 2 heterocycles. The summed E-state index contributed by atoms with van der Waals surface area (Å²) in [5.41, 5.74) is -1.92. The maximum atomic E-state index is 14.0. The van der Waals surface area contributed by atoms with Crippen LogP contribution in [-0.2, 0) is 26.6 Å². The van der Waals surface area contributed by atoms with E-state index in [0.717, 1.165) is 46.2 Å². The average Bonchev–Trinajstić information content (AvgIpc) is 2.95. The quantitative estimate of drug-likeness (QED) is 0.267. The second kappa shape index (κ2) is 14.8. The van der Waals surface area contributed by atoms with Gasteiger partial charge in [0.05, 0.1) is 36.5 Å². The summed E-state index contributed by atoms with van der Waals surface area (Å²) in [4.78, 5) is 2.22. The zero-order valence-corrected chi connectivity index (χ0v) is 24.5. The molecule has 0 N–H and O–H groups in total. The Balaban J connectivity index is 0.00000576. The summed E-state index contributed by atoms with van der Waals surface area (Å²) in [6.45, 7) is -3.46. The van der Waals surface area contributed by atoms with E-state index in [2.05, 4.69) is 4.74 Å². The standard InChI is InChI=1S/C28H28F12N2O3.ClH/c29-25(30,31)19-5-1-3-17(11-19)21-13-41(7-9-43-21)15-23(27(35,36)37)45-24(28(38,39)40)16-42-8-10-44-22(14-42)18-4-2-6-20(12-18)26(32,33)34;/h1-6,11-12,21-24H,7-10,13-16H2;1H/t21-,22-,23-,24-;/m0./s1. The van der Waals surface area contributed by atoms with Crippen LogP contribution in [0.2, 0.25) is 0 Å². The molecule has 2 aliphatic rings. The Bertz CT molecular complexity index is 1180. The fourth-order valence-corrected chi connectivity index (χ4v) is 5.09. The summed E-state index contributed by atoms with van der Waals surface area (Å²) in [6, 6.07) is 8.03. The monoisotopic (exact) mass is 704 g/mol. The van der Waals surface area contributed by atoms with Gasteiger partial charge in [0.1, 0.15) is 0 Å². The maximum Gasteiger partial charge on any atom is 0.416 e. The average molecular weight is 705 g/mol. The van der Waals surface area contributed by atoms with Crippen molar-refractivity contribution in [3.8, 4) is 0 Å². The van der Waals surface area contributed by atoms with Crippen molar-refractivity contribution in [2.45, 2.75) is 49.1 Å². The van der Waals surface area contributed by atoms with Crippen molar-refractivity contribution in [1.82, 2.24) is 9.80 Å². The fourth-order valence-electron chi connectivity index (χ4n) is 5.09. The molecular formula is C28H29ClF12N2O3. The van der Waals surface area contributed by atoms with Crippen LogP contribution in [0.15, 0.2) is 48.5 Å². The summed E-state index contributed by atoms with van der Waals surface area (Å²) in [7, 11) is 0. The number of alkyl halides is 12. The Morgan fingerprint density at radius 1 is 0.630 bits per heavy atom. The minimum atomic E-state index is -5.25. The smallest absolute Gasteiger partial charge is 0.371 e. The van der Waals surface area contributed by atoms with Gasteiger partial charge in [-0.3, -0.25) is 9.80 Å². The van der Waals surface area contributed by atoms with E-state index in [4.69, 9.17) is 9.47 Å². The molecule has 0 unspecified atom stereocenters. The van der Waals surface area contributed by atoms with Crippen LogP contribution in [0.5, 0.6) is 0 Å². The molecule has 18 heteroatoms. The van der Waals surface area contributed by atoms with Crippen LogP contribution < -0.4 is 0 Å². The van der Waals surface area contributed by atoms with Crippen LogP contribution in [0.4, 0.5) is 52.7 Å². The Kier molecular flexibility index (Phi) is 12.3. The van der Waals surface area contributed by atoms with Gasteiger partial charge in [-0.2, -0.15) is 52.7 Å². The van der Waals surface area contributed by atoms with Crippen molar-refractivity contribution in [2.75, 3.05) is 52.5 Å². The molecule has 2 aromatic rings. The molecule has 5 nitrogen and oxygen atoms in total. The molecule has 260 valence electrons. The first-order valence-electron chi connectivity index (χ1n) is 13.6. The van der Waals surface area contributed by atoms with Gasteiger partial charge in [0.2, 0.25) is 0 Å². The third kappa shape index (κ3) is 10.3. The van der Waals surface area contributed by atoms with Crippen molar-refractivity contribution in [2.24, 2.45) is 0 Å². The predicted octanol–water partition coefficient (Wildman–Crippen LogP) is 7.47. The first-order valence-corrected chi connectivity index (χ1v) is 13.6. The number of morpholine rings is 2. The van der Waals surface area contributed by atoms with Crippen molar-refractivity contribution < 1.29 is 66.9 Å². The normalized spacial score (nSPS) is 22.3. The van der Waals surface area contributed by atoms with Crippen molar-refractivity contribution >= 4 is 12.4 Å². The molecule has 0 aliphatic carbocycles. The summed E-state index contributed by atoms with van der Waals surface area (Å²) in [6.07, 6.45) is -27.9. The molecule has 2 aliphatic heterocycles. The van der Waals surface area contributed by atoms with Gasteiger partial charge < -0.3 is 14.2 Å². The highest BCUT2D eigenvalue weighted by Crippen LogP contribution is 2.36. The maximum absolute atomic E-state index is 14.0. The first kappa shape index (κ1) is 38.1. The molecule has 0 amide bonds. The molecule has 2 saturated heterocycles. The predicted molar refractivity (Wildman–Crippen MR) is 141 cm³/mol. The molecule has 0 spiro atoms. The van der Waals surface area contributed by atoms with E-state index < -0.39 is 73.3 Å². The third-order valence-electron chi connectivity index (χ3n) is 7.38. The second-order valence-electron chi connectivity index (χ2n) is 10.7. The third-order valence-corrected chi connectivity index (χ3v) is 7.38. The van der Waals surface area contributed by atoms with Gasteiger partial charge in [-0.05, 0) is 35.4 Å². The second-order valence-corrected chi connectivity index (χ2v) is 10.7. The van der Waals surface area contributed by atoms with E-state index in [0.29, 0.717) is 0 Å². The molecular weight excluding hydrogens is 676 g/mol. The SMILES string of the molecule is Cl.FC(F)(F)c1cccc([C@@H]2CN(C[C@H](O[C@@H](CN3CCO[C@H](c4cccc(C(F)(F)F)c4)C3)C(F)(F)F)C(F)(F)F)CCO2)c1. The van der Waals surface area contributed by atoms with Gasteiger partial charge in [0.25, 0.3) is 0 Å². The van der Waals surface area contributed by atoms with Crippen LogP contribution in [0.25, 0.3) is 0 Å². The van der Waals surface area contributed by atoms with Gasteiger partial charge in [0, 0.05) is 39.3 Å². The van der Waals surface area contributed by atoms with Crippen LogP contribution >= 0.6 is 12.4 Å². The summed E-state index contributed by atoms with van der Waals surface area (Å²) in [5.74, 6) is 0. The van der Waals surface area contributed by atoms with E-state index >= 15 is 0 Å². The number of benzene rings is 2. The Hall–Kier alpha value is -2.31. The highest BCUT2D eigenvalue weighted by molar-refractivity contribution is 5.85. The Labute approximate surface area is 261 Å². The van der Waals surface area contributed by atoms with Gasteiger partial charge in [0.15, 0.2) is 12.2 Å². The number of halogens is 13. The summed E-state index contributed by atoms with van der Waals surface area (Å²) in [5, 5.41) is 0. The van der Waals surface area contributed by atoms with Gasteiger partial charge in [-0.15, -0.1) is 12.4 Å². The lowest BCUT2D eigenvalue weighted by molar-refractivity contribution is -0.292. The van der Waals surface area contributed by atoms with E-state index in [-0.39, 0.29) is 62.9 Å². The molecule has 4 rings (SSSR count). The number of hydrogen-bond donors (Lipinski definition) is 0. The topological polar surface area (TPSA) is 34.2 Å². The van der Waals surface area contributed by atoms with E-state index in [9.17, 15) is 52.7 Å². The molecule has 2 fully saturated rings. The Morgan fingerprint density at radius 2 is 1.00 bits per heavy atom. The largest absolute Gasteiger partial charge is 0.416 e. The molecule has 0 radical (unpaired) electrons. The van der Waals surface area contributed by atoms with Crippen molar-refractivity contribution in [3.63, 3.8) is 0 Å². The van der Waals surface area contributed by atoms with Gasteiger partial charge in [-0.1, -0.05) is 24.3 Å². The van der Waals surface area contributed by atoms with Gasteiger partial charge in [-0.25, -0.2) is 0 Å². The van der Waals surface area contributed by atoms with Crippen LogP contribution in [0, 0.1) is 0 Å². The lowest BCUT2D eigenvalue weighted by atomic mass is 10.0. The van der Waals surface area contributed by atoms with E-state index in [1.807, 2.05) is 0 Å². The minimum absolute atomic E-state index is 0. The molecule has 0 bridgehead atoms. The minimum Gasteiger partial charge on any atom is -0.371 e. The zero-order valence-electron chi connectivity index (χ0n) is 23.6. The molecule has 0 aromatic heterocycles. The number of hydrogen-bond acceptors (Lipinski definition) is 5. The highest BCUT2D eigenvalue weighted by atomic mass is 35.5. The molecule has 46 heavy (non-hydrogen) atoms. The lowest BCUT2D eigenvalue weighted by Crippen LogP contribution is -2.53. The number of nitrogens with zero attached hydrogens (tertiary/aromatic N) is 2. The first-order chi connectivity index (χ1) is 20.8. The van der Waals surface area contributed by atoms with Crippen molar-refractivity contribution in [1.29, 1.82) is 0 Å². The van der Waals surface area contributed by atoms with Crippen LogP contribution in [0.1, 0.15) is 34.5 Å². The highest BCUT2D eigenvalue weighted by Gasteiger charge is 2.50. The zero-order chi connectivity index (χ0) is 33.2. The Morgan fingerprint density at radius 3 is 1.33 bits per heavy atom. The van der Waals surface area contributed by atoms with Crippen LogP contribution in [0.3, 0.4) is 0 Å². The summed E-state index contributed by atoms with van der Waals surface area (Å²) < 4.78 is 179. The van der Waals surface area contributed by atoms with E-state index in [1.165, 1.54) is 12.1 Å². The molecule has 2 aromatic carbocycles. The van der Waals surface area contributed by atoms with Crippen molar-refractivity contribution in [3.05, 3.63) is 70.8 Å². The summed E-state index contributed by atoms with van der Waals surface area (Å²) >= 11 is 0. The number of ether oxygens (including phenoxy) is 3. The number of rotatable bonds is 8. The lowest BCUT2D eigenvalue weighted by Gasteiger charge is -2.39. The van der Waals surface area contributed by atoms with Crippen LogP contribution in [-0.4, -0.2) is 86.8 Å². The molecule has 0 saturated carbocycles. The van der Waals surface area contributed by atoms with Gasteiger partial charge >= 0.3 is 24.7 Å². The van der Waals surface area contributed by atoms with E-state index in [1.54, 1.807) is 0 Å². The molecule has 4 atom stereocenters.